The Hall–Kier alpha value is -2.18. The van der Waals surface area contributed by atoms with E-state index in [1.165, 1.54) is 26.0 Å². The molecule has 2 aliphatic rings. The van der Waals surface area contributed by atoms with Gasteiger partial charge in [-0.3, -0.25) is 14.4 Å². The van der Waals surface area contributed by atoms with E-state index in [0.717, 1.165) is 6.42 Å². The van der Waals surface area contributed by atoms with Crippen LogP contribution in [-0.4, -0.2) is 86.1 Å². The summed E-state index contributed by atoms with van der Waals surface area (Å²) in [7, 11) is -0.700. The average Bonchev–Trinajstić information content (AvgIpc) is 3.76. The molecule has 1 N–H and O–H groups in total. The summed E-state index contributed by atoms with van der Waals surface area (Å²) in [6.45, 7) is 22.2. The molecule has 0 saturated carbocycles. The van der Waals surface area contributed by atoms with Gasteiger partial charge in [0, 0.05) is 25.9 Å². The molecule has 48 heavy (non-hydrogen) atoms. The Balaban J connectivity index is 2.37. The molecule has 0 aliphatic carbocycles. The van der Waals surface area contributed by atoms with Crippen molar-refractivity contribution in [3.05, 3.63) is 36.0 Å². The van der Waals surface area contributed by atoms with E-state index < -0.39 is 73.7 Å². The minimum atomic E-state index is -2.31. The third-order valence-electron chi connectivity index (χ3n) is 10.2. The minimum Gasteiger partial charge on any atom is -0.457 e. The maximum absolute atomic E-state index is 15.6. The molecular formula is C37H61FO9Si. The molecule has 0 aromatic rings. The number of halogens is 1. The average molecular weight is 697 g/mol. The van der Waals surface area contributed by atoms with Crippen molar-refractivity contribution in [3.63, 3.8) is 0 Å². The number of hydrogen-bond acceptors (Lipinski definition) is 9. The van der Waals surface area contributed by atoms with E-state index in [1.54, 1.807) is 39.2 Å². The van der Waals surface area contributed by atoms with Crippen LogP contribution in [0.3, 0.4) is 0 Å². The molecule has 1 fully saturated rings. The Morgan fingerprint density at radius 1 is 1.19 bits per heavy atom. The number of cyclic esters (lactones) is 1. The van der Waals surface area contributed by atoms with E-state index in [4.69, 9.17) is 23.4 Å². The number of esters is 2. The fraction of sp³-hybridized carbons (Fsp3) is 0.757. The maximum Gasteiger partial charge on any atom is 0.308 e. The quantitative estimate of drug-likeness (QED) is 0.0758. The molecule has 2 unspecified atom stereocenters. The second-order valence-electron chi connectivity index (χ2n) is 15.6. The maximum atomic E-state index is 15.6. The Bertz CT molecular complexity index is 1210. The smallest absolute Gasteiger partial charge is 0.308 e. The molecule has 11 heteroatoms. The van der Waals surface area contributed by atoms with Gasteiger partial charge in [-0.05, 0) is 75.9 Å². The van der Waals surface area contributed by atoms with Crippen LogP contribution in [-0.2, 0) is 37.8 Å². The van der Waals surface area contributed by atoms with Crippen LogP contribution in [0.25, 0.3) is 0 Å². The van der Waals surface area contributed by atoms with Gasteiger partial charge in [-0.15, -0.1) is 0 Å². The van der Waals surface area contributed by atoms with Crippen LogP contribution < -0.4 is 0 Å². The van der Waals surface area contributed by atoms with Gasteiger partial charge in [-0.1, -0.05) is 59.8 Å². The SMILES string of the molecule is CC[C@H](OC)[C@@H](C)C1O[C@H]1C(=O)C(C)(F)/C=C/C=C(\C)[C@H]1OC(=O)C[C@H](O[Si](C)(C)C(C)(C)C)CC[C@@](C)(O)[C@@H](OC(C)=O)/C=C/[C@@H]1C. The first-order valence-electron chi connectivity index (χ1n) is 17.2. The van der Waals surface area contributed by atoms with Crippen LogP contribution in [0.2, 0.25) is 18.1 Å². The van der Waals surface area contributed by atoms with Gasteiger partial charge in [-0.2, -0.15) is 0 Å². The third kappa shape index (κ3) is 11.4. The predicted molar refractivity (Wildman–Crippen MR) is 187 cm³/mol. The standard InChI is InChI=1S/C37H61FO9Si/c1-14-28(43-11)25(4)32-33(46-32)34(41)36(9,38)20-15-16-23(2)31-24(3)17-18-29(44-26(5)39)37(10,42)21-19-27(22-30(40)45-31)47-48(12,13)35(6,7)8/h15-18,20,24-25,27-29,31-33,42H,14,19,21-22H2,1-13H3/b18-17+,20-15+,23-16+/t24-,25+,27+,28-,29-,31+,32?,33+,36?,37+/m0/s1. The largest absolute Gasteiger partial charge is 0.457 e. The molecule has 274 valence electrons. The summed E-state index contributed by atoms with van der Waals surface area (Å²) in [5.74, 6) is -2.13. The van der Waals surface area contributed by atoms with E-state index in [1.807, 2.05) is 20.8 Å². The van der Waals surface area contributed by atoms with Crippen molar-refractivity contribution in [1.82, 2.24) is 0 Å². The van der Waals surface area contributed by atoms with Gasteiger partial charge < -0.3 is 28.5 Å². The molecule has 9 nitrogen and oxygen atoms in total. The Kier molecular flexibility index (Phi) is 14.6. The summed E-state index contributed by atoms with van der Waals surface area (Å²) in [5, 5.41) is 11.3. The topological polar surface area (TPSA) is 121 Å². The summed E-state index contributed by atoms with van der Waals surface area (Å²) in [5.41, 5.74) is -3.10. The van der Waals surface area contributed by atoms with Crippen LogP contribution >= 0.6 is 0 Å². The number of carbonyl (C=O) groups is 3. The Morgan fingerprint density at radius 2 is 1.81 bits per heavy atom. The zero-order valence-electron chi connectivity index (χ0n) is 31.4. The van der Waals surface area contributed by atoms with E-state index in [0.29, 0.717) is 12.0 Å². The van der Waals surface area contributed by atoms with Crippen molar-refractivity contribution in [3.8, 4) is 0 Å². The summed E-state index contributed by atoms with van der Waals surface area (Å²) >= 11 is 0. The second-order valence-corrected chi connectivity index (χ2v) is 20.3. The van der Waals surface area contributed by atoms with Gasteiger partial charge in [0.2, 0.25) is 5.78 Å². The molecule has 2 rings (SSSR count). The number of alkyl halides is 1. The van der Waals surface area contributed by atoms with Crippen molar-refractivity contribution in [2.75, 3.05) is 7.11 Å². The lowest BCUT2D eigenvalue weighted by atomic mass is 9.88. The highest BCUT2D eigenvalue weighted by Gasteiger charge is 2.54. The molecule has 0 radical (unpaired) electrons. The summed E-state index contributed by atoms with van der Waals surface area (Å²) < 4.78 is 44.9. The molecule has 0 spiro atoms. The van der Waals surface area contributed by atoms with E-state index >= 15 is 4.39 Å². The van der Waals surface area contributed by atoms with Crippen LogP contribution in [0.4, 0.5) is 4.39 Å². The monoisotopic (exact) mass is 696 g/mol. The summed E-state index contributed by atoms with van der Waals surface area (Å²) in [4.78, 5) is 38.5. The second kappa shape index (κ2) is 16.7. The van der Waals surface area contributed by atoms with Crippen LogP contribution in [0.1, 0.15) is 94.9 Å². The van der Waals surface area contributed by atoms with Crippen molar-refractivity contribution < 1.29 is 47.3 Å². The first-order chi connectivity index (χ1) is 22.0. The van der Waals surface area contributed by atoms with E-state index in [9.17, 15) is 19.5 Å². The zero-order chi connectivity index (χ0) is 36.8. The molecule has 1 saturated heterocycles. The molecule has 0 aromatic heterocycles. The highest BCUT2D eigenvalue weighted by Crippen LogP contribution is 2.39. The third-order valence-corrected chi connectivity index (χ3v) is 14.7. The lowest BCUT2D eigenvalue weighted by molar-refractivity contribution is -0.157. The molecule has 0 bridgehead atoms. The van der Waals surface area contributed by atoms with Gasteiger partial charge >= 0.3 is 11.9 Å². The molecule has 2 aliphatic heterocycles. The first-order valence-corrected chi connectivity index (χ1v) is 20.1. The fourth-order valence-electron chi connectivity index (χ4n) is 5.85. The number of allylic oxidation sites excluding steroid dienone is 3. The van der Waals surface area contributed by atoms with Gasteiger partial charge in [0.15, 0.2) is 14.0 Å². The van der Waals surface area contributed by atoms with Crippen molar-refractivity contribution in [1.29, 1.82) is 0 Å². The predicted octanol–water partition coefficient (Wildman–Crippen LogP) is 6.98. The van der Waals surface area contributed by atoms with Crippen molar-refractivity contribution >= 4 is 26.0 Å². The van der Waals surface area contributed by atoms with Gasteiger partial charge in [-0.25, -0.2) is 4.39 Å². The number of rotatable bonds is 12. The Morgan fingerprint density at radius 3 is 2.35 bits per heavy atom. The molecule has 0 aromatic carbocycles. The molecular weight excluding hydrogens is 635 g/mol. The number of Topliss-reactive ketones (excluding diaryl/α,β-unsaturated/α-hetero) is 1. The lowest BCUT2D eigenvalue weighted by Gasteiger charge is -2.40. The van der Waals surface area contributed by atoms with Crippen molar-refractivity contribution in [2.24, 2.45) is 11.8 Å². The number of methoxy groups -OCH3 is 1. The van der Waals surface area contributed by atoms with E-state index in [2.05, 4.69) is 33.9 Å². The van der Waals surface area contributed by atoms with E-state index in [-0.39, 0.29) is 29.9 Å². The molecule has 2 heterocycles. The number of ether oxygens (including phenoxy) is 4. The van der Waals surface area contributed by atoms with Gasteiger partial charge in [0.1, 0.15) is 23.9 Å². The fourth-order valence-corrected chi connectivity index (χ4v) is 7.23. The van der Waals surface area contributed by atoms with Crippen LogP contribution in [0.15, 0.2) is 36.0 Å². The number of ketones is 1. The summed E-state index contributed by atoms with van der Waals surface area (Å²) in [6.07, 6.45) is 5.34. The highest BCUT2D eigenvalue weighted by molar-refractivity contribution is 6.74. The molecule has 0 amide bonds. The minimum absolute atomic E-state index is 0.0309. The lowest BCUT2D eigenvalue weighted by Crippen LogP contribution is -2.46. The highest BCUT2D eigenvalue weighted by atomic mass is 28.4. The first kappa shape index (κ1) is 42.0. The summed E-state index contributed by atoms with van der Waals surface area (Å²) in [6, 6.07) is 0. The number of aliphatic hydroxyl groups is 1. The normalized spacial score (nSPS) is 32.6. The van der Waals surface area contributed by atoms with Crippen LogP contribution in [0.5, 0.6) is 0 Å². The number of epoxide rings is 1. The zero-order valence-corrected chi connectivity index (χ0v) is 32.4. The molecule has 10 atom stereocenters. The number of hydrogen-bond donors (Lipinski definition) is 1. The Labute approximate surface area is 288 Å². The van der Waals surface area contributed by atoms with Crippen LogP contribution in [0, 0.1) is 11.8 Å². The van der Waals surface area contributed by atoms with Gasteiger partial charge in [0.05, 0.1) is 24.7 Å². The van der Waals surface area contributed by atoms with Crippen molar-refractivity contribution in [2.45, 2.75) is 161 Å². The number of carbonyl (C=O) groups excluding carboxylic acids is 3. The van der Waals surface area contributed by atoms with Gasteiger partial charge in [0.25, 0.3) is 0 Å².